The van der Waals surface area contributed by atoms with Gasteiger partial charge in [0.25, 0.3) is 5.56 Å². The topological polar surface area (TPSA) is 104 Å². The van der Waals surface area contributed by atoms with Gasteiger partial charge in [-0.2, -0.15) is 5.21 Å². The number of nitrogens with one attached hydrogen (secondary N) is 3. The Balaban J connectivity index is 1.77. The number of hydrogen-bond acceptors (Lipinski definition) is 5. The first kappa shape index (κ1) is 22.5. The first-order chi connectivity index (χ1) is 15.8. The van der Waals surface area contributed by atoms with Crippen LogP contribution < -0.4 is 10.9 Å². The van der Waals surface area contributed by atoms with Gasteiger partial charge in [0, 0.05) is 57.8 Å². The fourth-order valence-corrected chi connectivity index (χ4v) is 4.43. The van der Waals surface area contributed by atoms with Crippen LogP contribution in [0.3, 0.4) is 0 Å². The molecule has 8 heteroatoms. The number of H-pyrrole nitrogens is 2. The number of rotatable bonds is 8. The van der Waals surface area contributed by atoms with Crippen molar-refractivity contribution in [2.45, 2.75) is 60.0 Å². The Hall–Kier alpha value is -3.68. The molecule has 0 aliphatic rings. The molecule has 33 heavy (non-hydrogen) atoms. The van der Waals surface area contributed by atoms with Crippen molar-refractivity contribution in [1.82, 2.24) is 35.5 Å². The van der Waals surface area contributed by atoms with Gasteiger partial charge in [-0.25, -0.2) is 0 Å². The van der Waals surface area contributed by atoms with Gasteiger partial charge in [-0.3, -0.25) is 4.79 Å². The summed E-state index contributed by atoms with van der Waals surface area (Å²) in [6.45, 7) is 15.2. The highest BCUT2D eigenvalue weighted by Crippen LogP contribution is 2.34. The summed E-state index contributed by atoms with van der Waals surface area (Å²) in [5.74, 6) is 0.528. The van der Waals surface area contributed by atoms with E-state index in [1.165, 1.54) is 0 Å². The van der Waals surface area contributed by atoms with E-state index < -0.39 is 0 Å². The molecule has 172 valence electrons. The Morgan fingerprint density at radius 2 is 2.03 bits per heavy atom. The van der Waals surface area contributed by atoms with Crippen LogP contribution in [-0.2, 0) is 13.0 Å². The van der Waals surface area contributed by atoms with E-state index in [9.17, 15) is 4.79 Å². The summed E-state index contributed by atoms with van der Waals surface area (Å²) in [5.41, 5.74) is 7.48. The van der Waals surface area contributed by atoms with Crippen molar-refractivity contribution in [2.75, 3.05) is 0 Å². The molecule has 3 heterocycles. The van der Waals surface area contributed by atoms with Gasteiger partial charge < -0.3 is 14.9 Å². The molecule has 0 radical (unpaired) electrons. The zero-order valence-electron chi connectivity index (χ0n) is 19.9. The lowest BCUT2D eigenvalue weighted by atomic mass is 10.00. The van der Waals surface area contributed by atoms with Crippen molar-refractivity contribution in [3.05, 3.63) is 69.3 Å². The van der Waals surface area contributed by atoms with E-state index in [0.29, 0.717) is 18.4 Å². The molecule has 0 saturated carbocycles. The van der Waals surface area contributed by atoms with Crippen LogP contribution in [0.4, 0.5) is 0 Å². The number of tetrazole rings is 1. The molecule has 8 nitrogen and oxygen atoms in total. The van der Waals surface area contributed by atoms with Crippen molar-refractivity contribution in [3.63, 3.8) is 0 Å². The maximum Gasteiger partial charge on any atom is 0.253 e. The maximum absolute atomic E-state index is 12.7. The summed E-state index contributed by atoms with van der Waals surface area (Å²) in [4.78, 5) is 15.6. The van der Waals surface area contributed by atoms with Gasteiger partial charge in [0.05, 0.1) is 0 Å². The fraction of sp³-hybridized carbons (Fsp3) is 0.360. The Bertz CT molecular complexity index is 1360. The Morgan fingerprint density at radius 1 is 1.24 bits per heavy atom. The minimum atomic E-state index is -0.0495. The van der Waals surface area contributed by atoms with Crippen LogP contribution in [-0.4, -0.2) is 30.2 Å². The number of fused-ring (bicyclic) bond motifs is 1. The molecule has 3 N–H and O–H groups in total. The van der Waals surface area contributed by atoms with E-state index in [1.54, 1.807) is 0 Å². The van der Waals surface area contributed by atoms with Crippen molar-refractivity contribution in [1.29, 1.82) is 0 Å². The maximum atomic E-state index is 12.7. The van der Waals surface area contributed by atoms with Gasteiger partial charge in [-0.05, 0) is 68.7 Å². The van der Waals surface area contributed by atoms with Crippen molar-refractivity contribution < 1.29 is 0 Å². The molecule has 0 aliphatic carbocycles. The minimum absolute atomic E-state index is 0.0495. The lowest BCUT2D eigenvalue weighted by molar-refractivity contribution is 0.622. The molecular formula is C25H31N7O. The number of nitrogens with zero attached hydrogens (tertiary/aromatic N) is 4. The van der Waals surface area contributed by atoms with Gasteiger partial charge in [-0.15, -0.1) is 10.2 Å². The molecule has 4 rings (SSSR count). The Morgan fingerprint density at radius 3 is 2.70 bits per heavy atom. The fourth-order valence-electron chi connectivity index (χ4n) is 4.43. The second kappa shape index (κ2) is 9.05. The standard InChI is InChI=1S/C25H31N7O/c1-7-8-18-9-16(5)27-25(33)21(18)12-26-17(6)20-10-19(24-28-30-31-29-24)11-22-23(20)15(4)13-32(22)14(2)3/h9-11,13-14,26H,6-8,12H2,1-5H3,(H,27,33)(H,28,29,30,31). The summed E-state index contributed by atoms with van der Waals surface area (Å²) >= 11 is 0. The van der Waals surface area contributed by atoms with Gasteiger partial charge in [-0.1, -0.05) is 19.9 Å². The van der Waals surface area contributed by atoms with E-state index in [4.69, 9.17) is 0 Å². The molecular weight excluding hydrogens is 414 g/mol. The highest BCUT2D eigenvalue weighted by Gasteiger charge is 2.18. The molecule has 0 unspecified atom stereocenters. The van der Waals surface area contributed by atoms with E-state index in [-0.39, 0.29) is 5.56 Å². The minimum Gasteiger partial charge on any atom is -0.381 e. The SMILES string of the molecule is C=C(NCc1c(CCC)cc(C)[nH]c1=O)c1cc(-c2nn[nH]n2)cc2c1c(C)cn2C(C)C. The quantitative estimate of drug-likeness (QED) is 0.372. The smallest absolute Gasteiger partial charge is 0.253 e. The van der Waals surface area contributed by atoms with E-state index in [0.717, 1.165) is 63.0 Å². The number of aromatic nitrogens is 6. The molecule has 0 spiro atoms. The lowest BCUT2D eigenvalue weighted by Crippen LogP contribution is -2.23. The predicted octanol–water partition coefficient (Wildman–Crippen LogP) is 4.42. The summed E-state index contributed by atoms with van der Waals surface area (Å²) in [6.07, 6.45) is 4.00. The number of aryl methyl sites for hydroxylation is 3. The van der Waals surface area contributed by atoms with Crippen LogP contribution in [0.1, 0.15) is 61.2 Å². The highest BCUT2D eigenvalue weighted by molar-refractivity contribution is 5.97. The molecule has 0 amide bonds. The lowest BCUT2D eigenvalue weighted by Gasteiger charge is -2.16. The average Bonchev–Trinajstić information content (AvgIpc) is 3.41. The normalized spacial score (nSPS) is 11.5. The molecule has 0 atom stereocenters. The molecule has 4 aromatic rings. The Labute approximate surface area is 193 Å². The van der Waals surface area contributed by atoms with Crippen molar-refractivity contribution in [3.8, 4) is 11.4 Å². The monoisotopic (exact) mass is 445 g/mol. The van der Waals surface area contributed by atoms with Gasteiger partial charge >= 0.3 is 0 Å². The number of benzene rings is 1. The third-order valence-corrected chi connectivity index (χ3v) is 5.97. The zero-order chi connectivity index (χ0) is 23.7. The second-order valence-electron chi connectivity index (χ2n) is 8.83. The number of pyridine rings is 1. The molecule has 0 aliphatic heterocycles. The van der Waals surface area contributed by atoms with Crippen LogP contribution in [0.2, 0.25) is 0 Å². The third-order valence-electron chi connectivity index (χ3n) is 5.97. The third kappa shape index (κ3) is 4.33. The average molecular weight is 446 g/mol. The van der Waals surface area contributed by atoms with Crippen LogP contribution >= 0.6 is 0 Å². The summed E-state index contributed by atoms with van der Waals surface area (Å²) in [5, 5.41) is 19.1. The first-order valence-corrected chi connectivity index (χ1v) is 11.3. The van der Waals surface area contributed by atoms with Crippen molar-refractivity contribution in [2.24, 2.45) is 0 Å². The second-order valence-corrected chi connectivity index (χ2v) is 8.83. The summed E-state index contributed by atoms with van der Waals surface area (Å²) in [7, 11) is 0. The molecule has 0 fully saturated rings. The van der Waals surface area contributed by atoms with Crippen LogP contribution in [0.5, 0.6) is 0 Å². The molecule has 0 bridgehead atoms. The van der Waals surface area contributed by atoms with Gasteiger partial charge in [0.1, 0.15) is 0 Å². The van der Waals surface area contributed by atoms with E-state index in [1.807, 2.05) is 13.0 Å². The molecule has 1 aromatic carbocycles. The van der Waals surface area contributed by atoms with Crippen LogP contribution in [0, 0.1) is 13.8 Å². The van der Waals surface area contributed by atoms with Crippen LogP contribution in [0.25, 0.3) is 28.0 Å². The number of aromatic amines is 2. The number of hydrogen-bond donors (Lipinski definition) is 3. The molecule has 0 saturated heterocycles. The summed E-state index contributed by atoms with van der Waals surface area (Å²) < 4.78 is 2.25. The first-order valence-electron chi connectivity index (χ1n) is 11.3. The van der Waals surface area contributed by atoms with Crippen LogP contribution in [0.15, 0.2) is 35.8 Å². The predicted molar refractivity (Wildman–Crippen MR) is 132 cm³/mol. The largest absolute Gasteiger partial charge is 0.381 e. The van der Waals surface area contributed by atoms with E-state index in [2.05, 4.69) is 88.1 Å². The Kier molecular flexibility index (Phi) is 6.18. The van der Waals surface area contributed by atoms with E-state index >= 15 is 0 Å². The zero-order valence-corrected chi connectivity index (χ0v) is 19.9. The summed E-state index contributed by atoms with van der Waals surface area (Å²) in [6, 6.07) is 6.48. The molecule has 3 aromatic heterocycles. The highest BCUT2D eigenvalue weighted by atomic mass is 16.1. The van der Waals surface area contributed by atoms with Gasteiger partial charge in [0.2, 0.25) is 5.82 Å². The van der Waals surface area contributed by atoms with Gasteiger partial charge in [0.15, 0.2) is 0 Å². The van der Waals surface area contributed by atoms with Crippen molar-refractivity contribution >= 4 is 16.6 Å².